The number of benzene rings is 3. The van der Waals surface area contributed by atoms with Crippen LogP contribution in [0, 0.1) is 0 Å². The minimum atomic E-state index is -0.580. The predicted molar refractivity (Wildman–Crippen MR) is 120 cm³/mol. The summed E-state index contributed by atoms with van der Waals surface area (Å²) >= 11 is 0. The van der Waals surface area contributed by atoms with Crippen LogP contribution in [-0.2, 0) is 29.1 Å². The molecule has 5 heteroatoms. The minimum absolute atomic E-state index is 0.200. The third-order valence-corrected chi connectivity index (χ3v) is 5.18. The van der Waals surface area contributed by atoms with Crippen molar-refractivity contribution in [3.05, 3.63) is 120 Å². The number of rotatable bonds is 7. The second kappa shape index (κ2) is 9.76. The van der Waals surface area contributed by atoms with Gasteiger partial charge in [0.05, 0.1) is 0 Å². The van der Waals surface area contributed by atoms with E-state index in [4.69, 9.17) is 0 Å². The lowest BCUT2D eigenvalue weighted by atomic mass is 10.0. The molecule has 156 valence electrons. The van der Waals surface area contributed by atoms with E-state index in [-0.39, 0.29) is 17.5 Å². The normalized spacial score (nSPS) is 17.2. The topological polar surface area (TPSA) is 61.4 Å². The van der Waals surface area contributed by atoms with E-state index in [1.807, 2.05) is 95.9 Å². The highest BCUT2D eigenvalue weighted by atomic mass is 16.2. The summed E-state index contributed by atoms with van der Waals surface area (Å²) in [6, 6.07) is 29.2. The van der Waals surface area contributed by atoms with Gasteiger partial charge >= 0.3 is 0 Å². The van der Waals surface area contributed by atoms with Crippen LogP contribution in [-0.4, -0.2) is 22.8 Å². The van der Waals surface area contributed by atoms with Gasteiger partial charge in [-0.3, -0.25) is 9.59 Å². The molecule has 0 spiro atoms. The Hall–Kier alpha value is -3.86. The molecule has 1 saturated heterocycles. The van der Waals surface area contributed by atoms with Crippen molar-refractivity contribution >= 4 is 11.8 Å². The van der Waals surface area contributed by atoms with Crippen LogP contribution in [0.2, 0.25) is 0 Å². The lowest BCUT2D eigenvalue weighted by molar-refractivity contribution is -0.131. The highest BCUT2D eigenvalue weighted by Gasteiger charge is 2.30. The monoisotopic (exact) mass is 411 g/mol. The largest absolute Gasteiger partial charge is 0.367 e. The quantitative estimate of drug-likeness (QED) is 0.586. The fourth-order valence-corrected chi connectivity index (χ4v) is 3.63. The molecule has 1 aliphatic heterocycles. The third kappa shape index (κ3) is 5.60. The van der Waals surface area contributed by atoms with Crippen LogP contribution >= 0.6 is 0 Å². The van der Waals surface area contributed by atoms with Crippen molar-refractivity contribution in [3.8, 4) is 0 Å². The maximum atomic E-state index is 12.8. The van der Waals surface area contributed by atoms with Crippen LogP contribution in [0.15, 0.2) is 103 Å². The molecule has 4 rings (SSSR count). The number of nitrogens with zero attached hydrogens (tertiary/aromatic N) is 1. The summed E-state index contributed by atoms with van der Waals surface area (Å²) < 4.78 is 0. The van der Waals surface area contributed by atoms with E-state index in [2.05, 4.69) is 10.6 Å². The Labute approximate surface area is 182 Å². The van der Waals surface area contributed by atoms with Crippen molar-refractivity contribution in [2.24, 2.45) is 0 Å². The summed E-state index contributed by atoms with van der Waals surface area (Å²) in [5.41, 5.74) is 3.52. The summed E-state index contributed by atoms with van der Waals surface area (Å²) in [6.07, 6.45) is 2.20. The number of hydrogen-bond acceptors (Lipinski definition) is 3. The van der Waals surface area contributed by atoms with Crippen molar-refractivity contribution in [1.82, 2.24) is 15.5 Å². The van der Waals surface area contributed by atoms with Gasteiger partial charge in [-0.2, -0.15) is 0 Å². The fourth-order valence-electron chi connectivity index (χ4n) is 3.63. The van der Waals surface area contributed by atoms with Crippen molar-refractivity contribution in [3.63, 3.8) is 0 Å². The van der Waals surface area contributed by atoms with Crippen molar-refractivity contribution in [2.75, 3.05) is 0 Å². The average molecular weight is 412 g/mol. The Morgan fingerprint density at radius 3 is 1.71 bits per heavy atom. The molecule has 1 atom stereocenters. The number of piperazine rings is 1. The Balaban J connectivity index is 1.51. The van der Waals surface area contributed by atoms with Gasteiger partial charge in [0, 0.05) is 25.7 Å². The van der Waals surface area contributed by atoms with Gasteiger partial charge in [-0.1, -0.05) is 91.0 Å². The molecule has 3 aromatic rings. The van der Waals surface area contributed by atoms with Gasteiger partial charge in [0.15, 0.2) is 0 Å². The first-order valence-corrected chi connectivity index (χ1v) is 10.4. The van der Waals surface area contributed by atoms with Crippen LogP contribution < -0.4 is 10.6 Å². The highest BCUT2D eigenvalue weighted by Crippen LogP contribution is 2.14. The van der Waals surface area contributed by atoms with Gasteiger partial charge < -0.3 is 15.5 Å². The molecule has 5 nitrogen and oxygen atoms in total. The van der Waals surface area contributed by atoms with Gasteiger partial charge in [-0.25, -0.2) is 0 Å². The highest BCUT2D eigenvalue weighted by molar-refractivity contribution is 6.04. The molecule has 2 amide bonds. The van der Waals surface area contributed by atoms with Crippen LogP contribution in [0.4, 0.5) is 0 Å². The Bertz CT molecular complexity index is 1010. The zero-order chi connectivity index (χ0) is 21.5. The molecule has 0 bridgehead atoms. The second-order valence-electron chi connectivity index (χ2n) is 7.62. The molecule has 1 heterocycles. The fraction of sp³-hybridized carbons (Fsp3) is 0.154. The Morgan fingerprint density at radius 1 is 0.710 bits per heavy atom. The lowest BCUT2D eigenvalue weighted by Crippen LogP contribution is -2.55. The molecule has 2 N–H and O–H groups in total. The second-order valence-corrected chi connectivity index (χ2v) is 7.62. The molecule has 1 aliphatic rings. The van der Waals surface area contributed by atoms with E-state index < -0.39 is 6.04 Å². The number of nitrogens with one attached hydrogen (secondary N) is 2. The first-order chi connectivity index (χ1) is 15.2. The van der Waals surface area contributed by atoms with Gasteiger partial charge in [0.25, 0.3) is 5.91 Å². The molecular formula is C26H25N3O2. The van der Waals surface area contributed by atoms with E-state index in [9.17, 15) is 9.59 Å². The molecule has 31 heavy (non-hydrogen) atoms. The van der Waals surface area contributed by atoms with Crippen LogP contribution in [0.3, 0.4) is 0 Å². The summed E-state index contributed by atoms with van der Waals surface area (Å²) in [6.45, 7) is 1.24. The third-order valence-electron chi connectivity index (χ3n) is 5.18. The van der Waals surface area contributed by atoms with Gasteiger partial charge in [0.1, 0.15) is 11.7 Å². The van der Waals surface area contributed by atoms with E-state index in [1.54, 1.807) is 6.20 Å². The number of carbonyl (C=O) groups excluding carboxylic acids is 2. The number of amides is 2. The predicted octanol–water partition coefficient (Wildman–Crippen LogP) is 3.39. The van der Waals surface area contributed by atoms with Crippen LogP contribution in [0.25, 0.3) is 0 Å². The molecule has 0 aromatic heterocycles. The molecule has 3 aromatic carbocycles. The number of hydrogen-bond donors (Lipinski definition) is 2. The summed E-state index contributed by atoms with van der Waals surface area (Å²) in [4.78, 5) is 27.5. The zero-order valence-electron chi connectivity index (χ0n) is 17.2. The van der Waals surface area contributed by atoms with Crippen LogP contribution in [0.5, 0.6) is 0 Å². The van der Waals surface area contributed by atoms with Crippen LogP contribution in [0.1, 0.15) is 16.7 Å². The lowest BCUT2D eigenvalue weighted by Gasteiger charge is -2.28. The standard InChI is InChI=1S/C26H25N3O2/c30-25-23(16-20-10-4-1-5-11-20)27-26(31)24(28-25)19-29(17-21-12-6-2-7-13-21)18-22-14-8-3-9-15-22/h1-15,19,23H,16-18H2,(H,27,31)(H,28,30)/b24-19+/t23-/m0/s1. The maximum Gasteiger partial charge on any atom is 0.269 e. The molecule has 0 radical (unpaired) electrons. The molecule has 0 aliphatic carbocycles. The van der Waals surface area contributed by atoms with Crippen molar-refractivity contribution in [2.45, 2.75) is 25.6 Å². The summed E-state index contributed by atoms with van der Waals surface area (Å²) in [5.74, 6) is -0.472. The first kappa shape index (κ1) is 20.4. The average Bonchev–Trinajstić information content (AvgIpc) is 2.79. The molecular weight excluding hydrogens is 386 g/mol. The zero-order valence-corrected chi connectivity index (χ0v) is 17.2. The van der Waals surface area contributed by atoms with Gasteiger partial charge in [-0.05, 0) is 16.7 Å². The van der Waals surface area contributed by atoms with E-state index in [1.165, 1.54) is 0 Å². The van der Waals surface area contributed by atoms with E-state index in [0.29, 0.717) is 19.5 Å². The SMILES string of the molecule is O=C1N[C@@H](Cc2ccccc2)C(=O)N/C1=C/N(Cc1ccccc1)Cc1ccccc1. The van der Waals surface area contributed by atoms with E-state index in [0.717, 1.165) is 16.7 Å². The molecule has 0 saturated carbocycles. The first-order valence-electron chi connectivity index (χ1n) is 10.4. The maximum absolute atomic E-state index is 12.8. The Kier molecular flexibility index (Phi) is 6.43. The summed E-state index contributed by atoms with van der Waals surface area (Å²) in [5, 5.41) is 5.66. The van der Waals surface area contributed by atoms with Crippen molar-refractivity contribution in [1.29, 1.82) is 0 Å². The summed E-state index contributed by atoms with van der Waals surface area (Å²) in [7, 11) is 0. The molecule has 1 fully saturated rings. The van der Waals surface area contributed by atoms with Gasteiger partial charge in [-0.15, -0.1) is 0 Å². The molecule has 0 unspecified atom stereocenters. The smallest absolute Gasteiger partial charge is 0.269 e. The Morgan fingerprint density at radius 2 is 1.19 bits per heavy atom. The minimum Gasteiger partial charge on any atom is -0.367 e. The van der Waals surface area contributed by atoms with E-state index >= 15 is 0 Å². The van der Waals surface area contributed by atoms with Gasteiger partial charge in [0.2, 0.25) is 5.91 Å². The number of carbonyl (C=O) groups is 2. The van der Waals surface area contributed by atoms with Crippen molar-refractivity contribution < 1.29 is 9.59 Å².